The van der Waals surface area contributed by atoms with E-state index < -0.39 is 5.97 Å². The zero-order valence-corrected chi connectivity index (χ0v) is 7.96. The van der Waals surface area contributed by atoms with Crippen molar-refractivity contribution in [1.82, 2.24) is 9.78 Å². The van der Waals surface area contributed by atoms with Gasteiger partial charge >= 0.3 is 5.97 Å². The monoisotopic (exact) mass is 183 g/mol. The molecule has 2 N–H and O–H groups in total. The van der Waals surface area contributed by atoms with Crippen LogP contribution in [0.3, 0.4) is 0 Å². The number of nitrogens with zero attached hydrogens (tertiary/aromatic N) is 2. The van der Waals surface area contributed by atoms with Crippen LogP contribution in [-0.2, 0) is 11.3 Å². The van der Waals surface area contributed by atoms with Gasteiger partial charge in [0, 0.05) is 7.05 Å². The number of carbonyl (C=O) groups is 1. The molecule has 0 radical (unpaired) electrons. The molecule has 0 amide bonds. The van der Waals surface area contributed by atoms with Crippen molar-refractivity contribution in [3.8, 4) is 0 Å². The highest BCUT2D eigenvalue weighted by atomic mass is 16.4. The maximum Gasteiger partial charge on any atom is 0.325 e. The summed E-state index contributed by atoms with van der Waals surface area (Å²) in [7, 11) is 1.79. The largest absolute Gasteiger partial charge is 0.480 e. The van der Waals surface area contributed by atoms with Gasteiger partial charge in [-0.3, -0.25) is 9.48 Å². The van der Waals surface area contributed by atoms with Crippen LogP contribution >= 0.6 is 0 Å². The second-order valence-corrected chi connectivity index (χ2v) is 2.85. The van der Waals surface area contributed by atoms with Crippen LogP contribution in [0.5, 0.6) is 0 Å². The van der Waals surface area contributed by atoms with Crippen molar-refractivity contribution in [2.24, 2.45) is 0 Å². The Kier molecular flexibility index (Phi) is 2.55. The van der Waals surface area contributed by atoms with Gasteiger partial charge < -0.3 is 10.4 Å². The van der Waals surface area contributed by atoms with Gasteiger partial charge in [-0.2, -0.15) is 5.10 Å². The average molecular weight is 183 g/mol. The summed E-state index contributed by atoms with van der Waals surface area (Å²) in [4.78, 5) is 10.4. The first kappa shape index (κ1) is 9.57. The van der Waals surface area contributed by atoms with Gasteiger partial charge in [0.25, 0.3) is 0 Å². The minimum absolute atomic E-state index is 0.0889. The number of anilines is 1. The number of aromatic nitrogens is 2. The molecule has 5 heteroatoms. The second-order valence-electron chi connectivity index (χ2n) is 2.85. The highest BCUT2D eigenvalue weighted by molar-refractivity contribution is 5.67. The first-order valence-electron chi connectivity index (χ1n) is 3.99. The predicted molar refractivity (Wildman–Crippen MR) is 48.9 cm³/mol. The lowest BCUT2D eigenvalue weighted by Crippen LogP contribution is -2.11. The van der Waals surface area contributed by atoms with Gasteiger partial charge in [-0.1, -0.05) is 0 Å². The Morgan fingerprint density at radius 1 is 1.62 bits per heavy atom. The molecule has 0 unspecified atom stereocenters. The summed E-state index contributed by atoms with van der Waals surface area (Å²) >= 11 is 0. The molecule has 0 fully saturated rings. The minimum Gasteiger partial charge on any atom is -0.480 e. The zero-order chi connectivity index (χ0) is 10.0. The third-order valence-electron chi connectivity index (χ3n) is 1.92. The van der Waals surface area contributed by atoms with Crippen molar-refractivity contribution in [3.05, 3.63) is 11.4 Å². The van der Waals surface area contributed by atoms with Gasteiger partial charge in [0.1, 0.15) is 6.54 Å². The number of hydrogen-bond acceptors (Lipinski definition) is 3. The molecule has 0 saturated carbocycles. The van der Waals surface area contributed by atoms with Gasteiger partial charge in [0.2, 0.25) is 0 Å². The number of carboxylic acids is 1. The van der Waals surface area contributed by atoms with E-state index in [1.54, 1.807) is 7.05 Å². The molecule has 0 aliphatic rings. The van der Waals surface area contributed by atoms with Crippen molar-refractivity contribution in [2.45, 2.75) is 20.4 Å². The van der Waals surface area contributed by atoms with E-state index in [9.17, 15) is 4.79 Å². The molecule has 5 nitrogen and oxygen atoms in total. The summed E-state index contributed by atoms with van der Waals surface area (Å²) < 4.78 is 1.48. The normalized spacial score (nSPS) is 10.1. The molecule has 0 aromatic carbocycles. The van der Waals surface area contributed by atoms with Crippen molar-refractivity contribution in [3.63, 3.8) is 0 Å². The first-order chi connectivity index (χ1) is 6.06. The Morgan fingerprint density at radius 3 is 2.62 bits per heavy atom. The molecule has 0 aliphatic carbocycles. The summed E-state index contributed by atoms with van der Waals surface area (Å²) in [5, 5.41) is 15.7. The highest BCUT2D eigenvalue weighted by Crippen LogP contribution is 2.17. The van der Waals surface area contributed by atoms with Gasteiger partial charge in [0.05, 0.1) is 17.1 Å². The highest BCUT2D eigenvalue weighted by Gasteiger charge is 2.11. The van der Waals surface area contributed by atoms with Crippen molar-refractivity contribution in [2.75, 3.05) is 12.4 Å². The first-order valence-corrected chi connectivity index (χ1v) is 3.99. The van der Waals surface area contributed by atoms with Crippen LogP contribution in [0.2, 0.25) is 0 Å². The second kappa shape index (κ2) is 3.47. The Bertz CT molecular complexity index is 330. The smallest absolute Gasteiger partial charge is 0.325 e. The number of aliphatic carboxylic acids is 1. The zero-order valence-electron chi connectivity index (χ0n) is 7.96. The summed E-state index contributed by atoms with van der Waals surface area (Å²) in [6.45, 7) is 3.60. The number of aryl methyl sites for hydroxylation is 1. The van der Waals surface area contributed by atoms with E-state index in [0.29, 0.717) is 0 Å². The maximum absolute atomic E-state index is 10.4. The fraction of sp³-hybridized carbons (Fsp3) is 0.500. The molecule has 0 atom stereocenters. The van der Waals surface area contributed by atoms with Crippen LogP contribution in [0.25, 0.3) is 0 Å². The lowest BCUT2D eigenvalue weighted by molar-refractivity contribution is -0.137. The van der Waals surface area contributed by atoms with Gasteiger partial charge in [-0.25, -0.2) is 0 Å². The molecule has 0 saturated heterocycles. The van der Waals surface area contributed by atoms with Crippen molar-refractivity contribution >= 4 is 11.7 Å². The van der Waals surface area contributed by atoms with Crippen molar-refractivity contribution in [1.29, 1.82) is 0 Å². The van der Waals surface area contributed by atoms with Crippen LogP contribution in [0.15, 0.2) is 0 Å². The van der Waals surface area contributed by atoms with E-state index in [1.807, 2.05) is 13.8 Å². The van der Waals surface area contributed by atoms with E-state index in [2.05, 4.69) is 10.4 Å². The molecule has 1 rings (SSSR count). The standard InChI is InChI=1S/C8H13N3O2/c1-5-8(9-3)6(2)11(10-5)4-7(12)13/h9H,4H2,1-3H3,(H,12,13). The van der Waals surface area contributed by atoms with Crippen LogP contribution in [0.1, 0.15) is 11.4 Å². The molecule has 1 aromatic rings. The summed E-state index contributed by atoms with van der Waals surface area (Å²) in [5.74, 6) is -0.881. The molecule has 0 aliphatic heterocycles. The van der Waals surface area contributed by atoms with E-state index in [4.69, 9.17) is 5.11 Å². The Morgan fingerprint density at radius 2 is 2.23 bits per heavy atom. The number of rotatable bonds is 3. The summed E-state index contributed by atoms with van der Waals surface area (Å²) in [6, 6.07) is 0. The number of carboxylic acid groups (broad SMARTS) is 1. The van der Waals surface area contributed by atoms with Gasteiger partial charge in [-0.15, -0.1) is 0 Å². The lowest BCUT2D eigenvalue weighted by atomic mass is 10.3. The van der Waals surface area contributed by atoms with Crippen LogP contribution in [0.4, 0.5) is 5.69 Å². The predicted octanol–water partition coefficient (Wildman–Crippen LogP) is 0.626. The third kappa shape index (κ3) is 1.80. The quantitative estimate of drug-likeness (QED) is 0.721. The minimum atomic E-state index is -0.881. The molecule has 13 heavy (non-hydrogen) atoms. The summed E-state index contributed by atoms with van der Waals surface area (Å²) in [6.07, 6.45) is 0. The topological polar surface area (TPSA) is 67.2 Å². The molecule has 0 bridgehead atoms. The van der Waals surface area contributed by atoms with Crippen LogP contribution < -0.4 is 5.32 Å². The molecule has 72 valence electrons. The van der Waals surface area contributed by atoms with E-state index in [0.717, 1.165) is 17.1 Å². The van der Waals surface area contributed by atoms with E-state index in [1.165, 1.54) is 4.68 Å². The summed E-state index contributed by atoms with van der Waals surface area (Å²) in [5.41, 5.74) is 2.57. The Labute approximate surface area is 76.4 Å². The van der Waals surface area contributed by atoms with Crippen LogP contribution in [0, 0.1) is 13.8 Å². The molecule has 1 heterocycles. The van der Waals surface area contributed by atoms with E-state index in [-0.39, 0.29) is 6.54 Å². The fourth-order valence-corrected chi connectivity index (χ4v) is 1.34. The lowest BCUT2D eigenvalue weighted by Gasteiger charge is -2.01. The third-order valence-corrected chi connectivity index (χ3v) is 1.92. The van der Waals surface area contributed by atoms with Crippen LogP contribution in [-0.4, -0.2) is 27.9 Å². The maximum atomic E-state index is 10.4. The molecular weight excluding hydrogens is 170 g/mol. The average Bonchev–Trinajstić information content (AvgIpc) is 2.26. The molecular formula is C8H13N3O2. The number of hydrogen-bond donors (Lipinski definition) is 2. The SMILES string of the molecule is CNc1c(C)nn(CC(=O)O)c1C. The Balaban J connectivity index is 3.03. The van der Waals surface area contributed by atoms with Crippen molar-refractivity contribution < 1.29 is 9.90 Å². The number of nitrogens with one attached hydrogen (secondary N) is 1. The van der Waals surface area contributed by atoms with Gasteiger partial charge in [-0.05, 0) is 13.8 Å². The van der Waals surface area contributed by atoms with E-state index >= 15 is 0 Å². The molecule has 1 aromatic heterocycles. The Hall–Kier alpha value is -1.52. The fourth-order valence-electron chi connectivity index (χ4n) is 1.34. The molecule has 0 spiro atoms. The van der Waals surface area contributed by atoms with Gasteiger partial charge in [0.15, 0.2) is 0 Å².